The second kappa shape index (κ2) is 9.88. The van der Waals surface area contributed by atoms with Gasteiger partial charge in [-0.05, 0) is 48.9 Å². The van der Waals surface area contributed by atoms with Crippen LogP contribution in [0.5, 0.6) is 0 Å². The standard InChI is InChI=1S/C21H23ClN2O3/c1-3-24(15(2)25)14-16-5-4-6-19(13-16)23-21(27)12-11-20(26)17-7-9-18(22)10-8-17/h4-10,13H,3,11-12,14H2,1-2H3,(H,23,27). The molecule has 0 fully saturated rings. The largest absolute Gasteiger partial charge is 0.339 e. The Balaban J connectivity index is 1.90. The fourth-order valence-corrected chi connectivity index (χ4v) is 2.77. The predicted octanol–water partition coefficient (Wildman–Crippen LogP) is 4.31. The second-order valence-corrected chi connectivity index (χ2v) is 6.65. The molecule has 0 aliphatic carbocycles. The molecule has 0 aliphatic heterocycles. The molecule has 0 spiro atoms. The number of ketones is 1. The van der Waals surface area contributed by atoms with E-state index in [1.165, 1.54) is 6.92 Å². The smallest absolute Gasteiger partial charge is 0.224 e. The fourth-order valence-electron chi connectivity index (χ4n) is 2.64. The Morgan fingerprint density at radius 3 is 2.37 bits per heavy atom. The Bertz CT molecular complexity index is 818. The van der Waals surface area contributed by atoms with Gasteiger partial charge in [-0.15, -0.1) is 0 Å². The van der Waals surface area contributed by atoms with E-state index in [1.54, 1.807) is 35.2 Å². The molecule has 27 heavy (non-hydrogen) atoms. The van der Waals surface area contributed by atoms with E-state index in [2.05, 4.69) is 5.32 Å². The van der Waals surface area contributed by atoms with Crippen LogP contribution in [-0.2, 0) is 16.1 Å². The number of carbonyl (C=O) groups excluding carboxylic acids is 3. The maximum atomic E-state index is 12.2. The average molecular weight is 387 g/mol. The molecule has 0 saturated heterocycles. The van der Waals surface area contributed by atoms with E-state index in [0.29, 0.717) is 29.4 Å². The second-order valence-electron chi connectivity index (χ2n) is 6.21. The first-order valence-electron chi connectivity index (χ1n) is 8.82. The Labute approximate surface area is 164 Å². The van der Waals surface area contributed by atoms with Crippen molar-refractivity contribution in [3.05, 3.63) is 64.7 Å². The highest BCUT2D eigenvalue weighted by Gasteiger charge is 2.11. The number of rotatable bonds is 8. The first-order valence-corrected chi connectivity index (χ1v) is 9.20. The summed E-state index contributed by atoms with van der Waals surface area (Å²) in [5.74, 6) is -0.323. The summed E-state index contributed by atoms with van der Waals surface area (Å²) < 4.78 is 0. The van der Waals surface area contributed by atoms with Crippen LogP contribution >= 0.6 is 11.6 Å². The number of Topliss-reactive ketones (excluding diaryl/α,β-unsaturated/α-hetero) is 1. The SMILES string of the molecule is CCN(Cc1cccc(NC(=O)CCC(=O)c2ccc(Cl)cc2)c1)C(C)=O. The molecule has 0 aromatic heterocycles. The van der Waals surface area contributed by atoms with Crippen LogP contribution in [-0.4, -0.2) is 29.0 Å². The monoisotopic (exact) mass is 386 g/mol. The topological polar surface area (TPSA) is 66.5 Å². The van der Waals surface area contributed by atoms with E-state index in [0.717, 1.165) is 5.56 Å². The minimum absolute atomic E-state index is 0.00708. The molecule has 2 rings (SSSR count). The molecule has 0 unspecified atom stereocenters. The van der Waals surface area contributed by atoms with Crippen LogP contribution < -0.4 is 5.32 Å². The normalized spacial score (nSPS) is 10.3. The van der Waals surface area contributed by atoms with Crippen LogP contribution in [0.2, 0.25) is 5.02 Å². The zero-order chi connectivity index (χ0) is 19.8. The zero-order valence-corrected chi connectivity index (χ0v) is 16.3. The van der Waals surface area contributed by atoms with E-state index in [9.17, 15) is 14.4 Å². The van der Waals surface area contributed by atoms with Gasteiger partial charge in [0.1, 0.15) is 0 Å². The maximum absolute atomic E-state index is 12.2. The Morgan fingerprint density at radius 1 is 1.04 bits per heavy atom. The van der Waals surface area contributed by atoms with E-state index in [-0.39, 0.29) is 30.4 Å². The van der Waals surface area contributed by atoms with Crippen molar-refractivity contribution in [3.63, 3.8) is 0 Å². The molecule has 0 aliphatic rings. The lowest BCUT2D eigenvalue weighted by Crippen LogP contribution is -2.27. The minimum Gasteiger partial charge on any atom is -0.339 e. The van der Waals surface area contributed by atoms with Gasteiger partial charge in [0.25, 0.3) is 0 Å². The van der Waals surface area contributed by atoms with Crippen LogP contribution in [0, 0.1) is 0 Å². The van der Waals surface area contributed by atoms with Gasteiger partial charge in [-0.2, -0.15) is 0 Å². The first kappa shape index (κ1) is 20.6. The molecule has 2 amide bonds. The highest BCUT2D eigenvalue weighted by molar-refractivity contribution is 6.30. The number of carbonyl (C=O) groups is 3. The number of hydrogen-bond acceptors (Lipinski definition) is 3. The van der Waals surface area contributed by atoms with Gasteiger partial charge in [-0.25, -0.2) is 0 Å². The molecule has 0 heterocycles. The summed E-state index contributed by atoms with van der Waals surface area (Å²) in [6, 6.07) is 14.0. The summed E-state index contributed by atoms with van der Waals surface area (Å²) in [5.41, 5.74) is 2.12. The lowest BCUT2D eigenvalue weighted by Gasteiger charge is -2.19. The van der Waals surface area contributed by atoms with Crippen LogP contribution in [0.15, 0.2) is 48.5 Å². The minimum atomic E-state index is -0.228. The molecule has 0 saturated carbocycles. The van der Waals surface area contributed by atoms with Gasteiger partial charge < -0.3 is 10.2 Å². The molecular weight excluding hydrogens is 364 g/mol. The summed E-state index contributed by atoms with van der Waals surface area (Å²) in [6.45, 7) is 4.57. The Morgan fingerprint density at radius 2 is 1.74 bits per heavy atom. The molecule has 0 atom stereocenters. The number of nitrogens with zero attached hydrogens (tertiary/aromatic N) is 1. The number of anilines is 1. The van der Waals surface area contributed by atoms with Crippen molar-refractivity contribution in [2.45, 2.75) is 33.2 Å². The number of benzene rings is 2. The third kappa shape index (κ3) is 6.53. The third-order valence-corrected chi connectivity index (χ3v) is 4.41. The quantitative estimate of drug-likeness (QED) is 0.687. The summed E-state index contributed by atoms with van der Waals surface area (Å²) in [6.07, 6.45) is 0.224. The van der Waals surface area contributed by atoms with Crippen molar-refractivity contribution in [1.29, 1.82) is 0 Å². The molecule has 1 N–H and O–H groups in total. The predicted molar refractivity (Wildman–Crippen MR) is 107 cm³/mol. The summed E-state index contributed by atoms with van der Waals surface area (Å²) in [7, 11) is 0. The molecule has 6 heteroatoms. The molecule has 0 radical (unpaired) electrons. The van der Waals surface area contributed by atoms with Gasteiger partial charge in [0, 0.05) is 49.1 Å². The first-order chi connectivity index (χ1) is 12.9. The molecule has 5 nitrogen and oxygen atoms in total. The number of hydrogen-bond donors (Lipinski definition) is 1. The van der Waals surface area contributed by atoms with Gasteiger partial charge in [-0.1, -0.05) is 23.7 Å². The van der Waals surface area contributed by atoms with Gasteiger partial charge in [0.05, 0.1) is 0 Å². The Kier molecular flexibility index (Phi) is 7.55. The van der Waals surface area contributed by atoms with Crippen molar-refractivity contribution in [2.24, 2.45) is 0 Å². The van der Waals surface area contributed by atoms with Gasteiger partial charge in [0.15, 0.2) is 5.78 Å². The molecule has 2 aromatic carbocycles. The summed E-state index contributed by atoms with van der Waals surface area (Å²) in [5, 5.41) is 3.37. The maximum Gasteiger partial charge on any atom is 0.224 e. The van der Waals surface area contributed by atoms with Crippen molar-refractivity contribution in [2.75, 3.05) is 11.9 Å². The van der Waals surface area contributed by atoms with E-state index in [1.807, 2.05) is 25.1 Å². The van der Waals surface area contributed by atoms with Crippen LogP contribution in [0.25, 0.3) is 0 Å². The Hall–Kier alpha value is -2.66. The molecule has 2 aromatic rings. The van der Waals surface area contributed by atoms with Crippen molar-refractivity contribution < 1.29 is 14.4 Å². The molecule has 142 valence electrons. The van der Waals surface area contributed by atoms with E-state index < -0.39 is 0 Å². The zero-order valence-electron chi connectivity index (χ0n) is 15.5. The number of halogens is 1. The van der Waals surface area contributed by atoms with E-state index in [4.69, 9.17) is 11.6 Å². The van der Waals surface area contributed by atoms with Crippen LogP contribution in [0.3, 0.4) is 0 Å². The number of amides is 2. The van der Waals surface area contributed by atoms with Gasteiger partial charge >= 0.3 is 0 Å². The molecule has 0 bridgehead atoms. The fraction of sp³-hybridized carbons (Fsp3) is 0.286. The van der Waals surface area contributed by atoms with Crippen molar-refractivity contribution in [1.82, 2.24) is 4.90 Å². The summed E-state index contributed by atoms with van der Waals surface area (Å²) in [4.78, 5) is 37.5. The van der Waals surface area contributed by atoms with Gasteiger partial charge in [-0.3, -0.25) is 14.4 Å². The van der Waals surface area contributed by atoms with Crippen LogP contribution in [0.4, 0.5) is 5.69 Å². The van der Waals surface area contributed by atoms with E-state index >= 15 is 0 Å². The lowest BCUT2D eigenvalue weighted by molar-refractivity contribution is -0.129. The lowest BCUT2D eigenvalue weighted by atomic mass is 10.1. The molecular formula is C21H23ClN2O3. The summed E-state index contributed by atoms with van der Waals surface area (Å²) >= 11 is 5.81. The van der Waals surface area contributed by atoms with Crippen LogP contribution in [0.1, 0.15) is 42.6 Å². The third-order valence-electron chi connectivity index (χ3n) is 4.16. The average Bonchev–Trinajstić information content (AvgIpc) is 2.65. The number of nitrogens with one attached hydrogen (secondary N) is 1. The van der Waals surface area contributed by atoms with Gasteiger partial charge in [0.2, 0.25) is 11.8 Å². The van der Waals surface area contributed by atoms with Crippen molar-refractivity contribution in [3.8, 4) is 0 Å². The van der Waals surface area contributed by atoms with Crippen molar-refractivity contribution >= 4 is 34.9 Å². The highest BCUT2D eigenvalue weighted by Crippen LogP contribution is 2.15. The highest BCUT2D eigenvalue weighted by atomic mass is 35.5.